The second kappa shape index (κ2) is 10.6. The average molecular weight is 610 g/mol. The lowest BCUT2D eigenvalue weighted by molar-refractivity contribution is -0.149. The molecule has 0 radical (unpaired) electrons. The maximum absolute atomic E-state index is 13.9. The summed E-state index contributed by atoms with van der Waals surface area (Å²) in [6.45, 7) is -0.829. The lowest BCUT2D eigenvalue weighted by Crippen LogP contribution is -2.40. The second-order valence-corrected chi connectivity index (χ2v) is 10.3. The number of amides is 3. The van der Waals surface area contributed by atoms with Gasteiger partial charge in [0.25, 0.3) is 5.91 Å². The lowest BCUT2D eigenvalue weighted by Gasteiger charge is -2.33. The van der Waals surface area contributed by atoms with E-state index in [2.05, 4.69) is 30.3 Å². The molecule has 228 valence electrons. The van der Waals surface area contributed by atoms with Crippen LogP contribution in [-0.4, -0.2) is 72.6 Å². The normalized spacial score (nSPS) is 20.6. The minimum atomic E-state index is -4.71. The first-order valence-electron chi connectivity index (χ1n) is 12.6. The van der Waals surface area contributed by atoms with Gasteiger partial charge in [0, 0.05) is 19.4 Å². The molecular formula is C23H22F8N8O3. The van der Waals surface area contributed by atoms with E-state index in [0.717, 1.165) is 4.90 Å². The van der Waals surface area contributed by atoms with Crippen LogP contribution >= 0.6 is 0 Å². The van der Waals surface area contributed by atoms with Gasteiger partial charge in [0.1, 0.15) is 11.7 Å². The largest absolute Gasteiger partial charge is 0.410 e. The molecule has 5 rings (SSSR count). The molecular weight excluding hydrogens is 588 g/mol. The van der Waals surface area contributed by atoms with Gasteiger partial charge in [-0.3, -0.25) is 4.79 Å². The molecule has 0 spiro atoms. The van der Waals surface area contributed by atoms with Gasteiger partial charge in [0.2, 0.25) is 5.92 Å². The van der Waals surface area contributed by atoms with E-state index in [1.807, 2.05) is 5.32 Å². The fraction of sp³-hybridized carbons (Fsp3) is 0.565. The minimum Gasteiger partial charge on any atom is -0.342 e. The summed E-state index contributed by atoms with van der Waals surface area (Å²) >= 11 is 0. The Morgan fingerprint density at radius 1 is 1.17 bits per heavy atom. The molecule has 0 aromatic carbocycles. The Bertz CT molecular complexity index is 1460. The molecule has 1 aliphatic heterocycles. The summed E-state index contributed by atoms with van der Waals surface area (Å²) in [7, 11) is 0. The number of hydrogen-bond donors (Lipinski definition) is 2. The molecule has 1 saturated carbocycles. The molecule has 11 nitrogen and oxygen atoms in total. The summed E-state index contributed by atoms with van der Waals surface area (Å²) in [5.74, 6) is -4.58. The molecule has 2 N–H and O–H groups in total. The first kappa shape index (κ1) is 29.4. The number of nitrogens with zero attached hydrogens (tertiary/aromatic N) is 6. The Labute approximate surface area is 230 Å². The van der Waals surface area contributed by atoms with Gasteiger partial charge < -0.3 is 15.5 Å². The lowest BCUT2D eigenvalue weighted by atomic mass is 9.81. The Morgan fingerprint density at radius 3 is 2.52 bits per heavy atom. The van der Waals surface area contributed by atoms with Crippen LogP contribution in [0.15, 0.2) is 23.1 Å². The number of hydrogen-bond acceptors (Lipinski definition) is 7. The summed E-state index contributed by atoms with van der Waals surface area (Å²) in [5.41, 5.74) is -0.831. The van der Waals surface area contributed by atoms with Crippen molar-refractivity contribution in [1.82, 2.24) is 40.4 Å². The molecule has 0 bridgehead atoms. The summed E-state index contributed by atoms with van der Waals surface area (Å²) in [5, 5.41) is 15.0. The SMILES string of the molecule is O=C(N[C@H](c1cn2ncc(CN3C[C@@H](C(F)(F)F)NC3=O)cc2n1)C1CCC(F)(F)CC1)c1nonc1CC(F)(F)F. The highest BCUT2D eigenvalue weighted by atomic mass is 19.4. The molecule has 3 aromatic rings. The van der Waals surface area contributed by atoms with Gasteiger partial charge in [-0.05, 0) is 35.5 Å². The second-order valence-electron chi connectivity index (χ2n) is 10.3. The van der Waals surface area contributed by atoms with Gasteiger partial charge in [0.05, 0.1) is 37.1 Å². The van der Waals surface area contributed by atoms with Gasteiger partial charge in [0.15, 0.2) is 11.3 Å². The number of urea groups is 1. The number of imidazole rings is 1. The van der Waals surface area contributed by atoms with Crippen molar-refractivity contribution in [3.05, 3.63) is 41.1 Å². The van der Waals surface area contributed by atoms with Gasteiger partial charge >= 0.3 is 18.4 Å². The molecule has 4 heterocycles. The summed E-state index contributed by atoms with van der Waals surface area (Å²) in [6.07, 6.45) is -9.28. The molecule has 2 fully saturated rings. The van der Waals surface area contributed by atoms with Crippen LogP contribution in [0.2, 0.25) is 0 Å². The van der Waals surface area contributed by atoms with Crippen molar-refractivity contribution in [3.8, 4) is 0 Å². The first-order chi connectivity index (χ1) is 19.6. The average Bonchev–Trinajstić information content (AvgIpc) is 3.60. The molecule has 42 heavy (non-hydrogen) atoms. The molecule has 2 aliphatic rings. The highest BCUT2D eigenvalue weighted by molar-refractivity contribution is 5.93. The van der Waals surface area contributed by atoms with E-state index >= 15 is 0 Å². The van der Waals surface area contributed by atoms with Crippen LogP contribution in [0.4, 0.5) is 39.9 Å². The van der Waals surface area contributed by atoms with Crippen molar-refractivity contribution in [2.45, 2.75) is 69.0 Å². The van der Waals surface area contributed by atoms with Crippen LogP contribution in [0.3, 0.4) is 0 Å². The van der Waals surface area contributed by atoms with Gasteiger partial charge in [-0.1, -0.05) is 5.16 Å². The van der Waals surface area contributed by atoms with Crippen molar-refractivity contribution >= 4 is 17.6 Å². The summed E-state index contributed by atoms with van der Waals surface area (Å²) in [4.78, 5) is 30.4. The Kier molecular flexibility index (Phi) is 7.46. The van der Waals surface area contributed by atoms with E-state index in [4.69, 9.17) is 0 Å². The number of aromatic nitrogens is 5. The Morgan fingerprint density at radius 2 is 1.88 bits per heavy atom. The number of carbonyl (C=O) groups excluding carboxylic acids is 2. The predicted octanol–water partition coefficient (Wildman–Crippen LogP) is 3.97. The molecule has 0 unspecified atom stereocenters. The highest BCUT2D eigenvalue weighted by Crippen LogP contribution is 2.41. The maximum Gasteiger partial charge on any atom is 0.410 e. The van der Waals surface area contributed by atoms with Gasteiger partial charge in [-0.2, -0.15) is 31.4 Å². The zero-order valence-corrected chi connectivity index (χ0v) is 21.3. The quantitative estimate of drug-likeness (QED) is 0.387. The third-order valence-electron chi connectivity index (χ3n) is 7.13. The van der Waals surface area contributed by atoms with Crippen molar-refractivity contribution in [1.29, 1.82) is 0 Å². The van der Waals surface area contributed by atoms with Crippen LogP contribution in [0.25, 0.3) is 5.65 Å². The van der Waals surface area contributed by atoms with Crippen molar-refractivity contribution < 1.29 is 49.3 Å². The monoisotopic (exact) mass is 610 g/mol. The smallest absolute Gasteiger partial charge is 0.342 e. The van der Waals surface area contributed by atoms with E-state index in [1.54, 1.807) is 0 Å². The predicted molar refractivity (Wildman–Crippen MR) is 123 cm³/mol. The van der Waals surface area contributed by atoms with Crippen molar-refractivity contribution in [3.63, 3.8) is 0 Å². The van der Waals surface area contributed by atoms with E-state index in [1.165, 1.54) is 23.0 Å². The number of alkyl halides is 8. The van der Waals surface area contributed by atoms with E-state index in [0.29, 0.717) is 5.56 Å². The number of fused-ring (bicyclic) bond motifs is 1. The maximum atomic E-state index is 13.9. The first-order valence-corrected chi connectivity index (χ1v) is 12.6. The van der Waals surface area contributed by atoms with E-state index in [-0.39, 0.29) is 30.7 Å². The van der Waals surface area contributed by atoms with Gasteiger partial charge in [-0.25, -0.2) is 27.7 Å². The number of rotatable bonds is 7. The number of carbonyl (C=O) groups is 2. The zero-order valence-electron chi connectivity index (χ0n) is 21.3. The fourth-order valence-corrected chi connectivity index (χ4v) is 5.03. The van der Waals surface area contributed by atoms with Crippen molar-refractivity contribution in [2.75, 3.05) is 6.54 Å². The van der Waals surface area contributed by atoms with Crippen molar-refractivity contribution in [2.24, 2.45) is 5.92 Å². The molecule has 1 saturated heterocycles. The number of nitrogens with one attached hydrogen (secondary N) is 2. The fourth-order valence-electron chi connectivity index (χ4n) is 5.03. The van der Waals surface area contributed by atoms with Gasteiger partial charge in [-0.15, -0.1) is 0 Å². The highest BCUT2D eigenvalue weighted by Gasteiger charge is 2.47. The summed E-state index contributed by atoms with van der Waals surface area (Å²) < 4.78 is 111. The van der Waals surface area contributed by atoms with E-state index < -0.39 is 85.4 Å². The third-order valence-corrected chi connectivity index (χ3v) is 7.13. The minimum absolute atomic E-state index is 0.0403. The molecule has 3 amide bonds. The molecule has 19 heteroatoms. The molecule has 2 atom stereocenters. The third kappa shape index (κ3) is 6.53. The topological polar surface area (TPSA) is 131 Å². The Hall–Kier alpha value is -4.06. The van der Waals surface area contributed by atoms with Crippen LogP contribution in [0.1, 0.15) is 59.2 Å². The van der Waals surface area contributed by atoms with Crippen LogP contribution < -0.4 is 10.6 Å². The van der Waals surface area contributed by atoms with Crippen LogP contribution in [0, 0.1) is 5.92 Å². The summed E-state index contributed by atoms with van der Waals surface area (Å²) in [6, 6.07) is -2.54. The van der Waals surface area contributed by atoms with Crippen LogP contribution in [-0.2, 0) is 13.0 Å². The Balaban J connectivity index is 1.39. The molecule has 3 aromatic heterocycles. The van der Waals surface area contributed by atoms with E-state index in [9.17, 15) is 44.7 Å². The zero-order chi connectivity index (χ0) is 30.4. The molecule has 1 aliphatic carbocycles. The number of halogens is 8. The van der Waals surface area contributed by atoms with Crippen LogP contribution in [0.5, 0.6) is 0 Å². The standard InChI is InChI=1S/C23H22F8N8O3/c24-21(25)3-1-12(2-4-21)17(35-19(40)18-13(36-42-37-18)6-22(26,27)28)14-9-39-16(33-14)5-11(7-32-39)8-38-10-15(23(29,30)31)34-20(38)41/h5,7,9,12,15,17H,1-4,6,8,10H2,(H,34,41)(H,35,40)/t15-,17-/m0/s1.